The van der Waals surface area contributed by atoms with Gasteiger partial charge in [0.1, 0.15) is 0 Å². The van der Waals surface area contributed by atoms with Gasteiger partial charge in [0.15, 0.2) is 5.16 Å². The Morgan fingerprint density at radius 1 is 0.967 bits per heavy atom. The van der Waals surface area contributed by atoms with Gasteiger partial charge in [-0.2, -0.15) is 0 Å². The number of nitrogens with one attached hydrogen (secondary N) is 1. The zero-order chi connectivity index (χ0) is 20.9. The maximum atomic E-state index is 13.2. The van der Waals surface area contributed by atoms with E-state index in [1.807, 2.05) is 72.8 Å². The minimum atomic E-state index is -0.148. The van der Waals surface area contributed by atoms with Crippen LogP contribution in [0.25, 0.3) is 16.6 Å². The highest BCUT2D eigenvalue weighted by Crippen LogP contribution is 2.21. The average molecular weight is 416 g/mol. The van der Waals surface area contributed by atoms with E-state index >= 15 is 0 Å². The van der Waals surface area contributed by atoms with Gasteiger partial charge in [0.05, 0.1) is 22.3 Å². The standard InChI is InChI=1S/C24H21N3O2S/c1-2-17-12-14-18(15-13-17)25-22(28)16-30-24-26-21-11-7-6-10-20(21)23(29)27(24)19-8-4-3-5-9-19/h3-15H,2,16H2,1H3,(H,25,28). The van der Waals surface area contributed by atoms with Gasteiger partial charge in [-0.25, -0.2) is 4.98 Å². The van der Waals surface area contributed by atoms with Crippen molar-refractivity contribution in [2.45, 2.75) is 18.5 Å². The van der Waals surface area contributed by atoms with Crippen molar-refractivity contribution in [1.82, 2.24) is 9.55 Å². The molecule has 150 valence electrons. The molecule has 4 aromatic rings. The summed E-state index contributed by atoms with van der Waals surface area (Å²) in [7, 11) is 0. The first kappa shape index (κ1) is 19.9. The van der Waals surface area contributed by atoms with E-state index in [1.165, 1.54) is 17.3 Å². The van der Waals surface area contributed by atoms with E-state index in [-0.39, 0.29) is 17.2 Å². The van der Waals surface area contributed by atoms with Gasteiger partial charge >= 0.3 is 0 Å². The van der Waals surface area contributed by atoms with Crippen molar-refractivity contribution in [3.8, 4) is 5.69 Å². The van der Waals surface area contributed by atoms with Crippen LogP contribution in [0.3, 0.4) is 0 Å². The van der Waals surface area contributed by atoms with E-state index in [4.69, 9.17) is 0 Å². The van der Waals surface area contributed by atoms with Crippen LogP contribution in [-0.2, 0) is 11.2 Å². The van der Waals surface area contributed by atoms with Crippen molar-refractivity contribution in [3.05, 3.63) is 94.8 Å². The Labute approximate surface area is 178 Å². The first-order valence-electron chi connectivity index (χ1n) is 9.74. The van der Waals surface area contributed by atoms with Crippen molar-refractivity contribution >= 4 is 34.3 Å². The van der Waals surface area contributed by atoms with Crippen LogP contribution in [0.2, 0.25) is 0 Å². The summed E-state index contributed by atoms with van der Waals surface area (Å²) >= 11 is 1.25. The summed E-state index contributed by atoms with van der Waals surface area (Å²) in [4.78, 5) is 30.3. The number of anilines is 1. The fourth-order valence-corrected chi connectivity index (χ4v) is 3.98. The number of carbonyl (C=O) groups excluding carboxylic acids is 1. The second-order valence-electron chi connectivity index (χ2n) is 6.77. The van der Waals surface area contributed by atoms with Crippen LogP contribution in [0.4, 0.5) is 5.69 Å². The molecule has 5 nitrogen and oxygen atoms in total. The second-order valence-corrected chi connectivity index (χ2v) is 7.72. The predicted octanol–water partition coefficient (Wildman–Crippen LogP) is 4.68. The van der Waals surface area contributed by atoms with Crippen molar-refractivity contribution in [2.24, 2.45) is 0 Å². The molecule has 0 saturated carbocycles. The molecule has 0 fully saturated rings. The highest BCUT2D eigenvalue weighted by Gasteiger charge is 2.14. The molecular formula is C24H21N3O2S. The highest BCUT2D eigenvalue weighted by molar-refractivity contribution is 7.99. The summed E-state index contributed by atoms with van der Waals surface area (Å²) in [5.41, 5.74) is 3.16. The van der Waals surface area contributed by atoms with Gasteiger partial charge in [0.25, 0.3) is 5.56 Å². The van der Waals surface area contributed by atoms with Crippen molar-refractivity contribution in [2.75, 3.05) is 11.1 Å². The Morgan fingerprint density at radius 3 is 2.40 bits per heavy atom. The number of rotatable bonds is 6. The molecule has 4 rings (SSSR count). The predicted molar refractivity (Wildman–Crippen MR) is 123 cm³/mol. The van der Waals surface area contributed by atoms with Gasteiger partial charge in [-0.1, -0.05) is 61.2 Å². The Morgan fingerprint density at radius 2 is 1.67 bits per heavy atom. The number of aryl methyl sites for hydroxylation is 1. The molecule has 0 bridgehead atoms. The molecule has 0 aliphatic heterocycles. The minimum absolute atomic E-state index is 0.146. The second kappa shape index (κ2) is 8.97. The zero-order valence-electron chi connectivity index (χ0n) is 16.5. The van der Waals surface area contributed by atoms with Gasteiger partial charge in [0.2, 0.25) is 5.91 Å². The lowest BCUT2D eigenvalue weighted by atomic mass is 10.1. The highest BCUT2D eigenvalue weighted by atomic mass is 32.2. The van der Waals surface area contributed by atoms with Crippen LogP contribution in [0.5, 0.6) is 0 Å². The molecule has 6 heteroatoms. The fraction of sp³-hybridized carbons (Fsp3) is 0.125. The number of hydrogen-bond acceptors (Lipinski definition) is 4. The largest absolute Gasteiger partial charge is 0.325 e. The van der Waals surface area contributed by atoms with Gasteiger partial charge in [-0.05, 0) is 48.4 Å². The monoisotopic (exact) mass is 415 g/mol. The number of benzene rings is 3. The summed E-state index contributed by atoms with van der Waals surface area (Å²) < 4.78 is 1.57. The van der Waals surface area contributed by atoms with Crippen LogP contribution in [0.15, 0.2) is 88.8 Å². The first-order chi connectivity index (χ1) is 14.7. The number of fused-ring (bicyclic) bond motifs is 1. The molecule has 0 radical (unpaired) electrons. The first-order valence-corrected chi connectivity index (χ1v) is 10.7. The fourth-order valence-electron chi connectivity index (χ4n) is 3.16. The lowest BCUT2D eigenvalue weighted by Gasteiger charge is -2.13. The van der Waals surface area contributed by atoms with Crippen LogP contribution in [0.1, 0.15) is 12.5 Å². The molecule has 1 amide bonds. The van der Waals surface area contributed by atoms with E-state index in [2.05, 4.69) is 17.2 Å². The van der Waals surface area contributed by atoms with E-state index in [9.17, 15) is 9.59 Å². The molecule has 0 unspecified atom stereocenters. The van der Waals surface area contributed by atoms with E-state index < -0.39 is 0 Å². The van der Waals surface area contributed by atoms with Crippen molar-refractivity contribution in [3.63, 3.8) is 0 Å². The molecule has 0 saturated heterocycles. The van der Waals surface area contributed by atoms with Gasteiger partial charge in [-0.3, -0.25) is 14.2 Å². The molecule has 3 aromatic carbocycles. The van der Waals surface area contributed by atoms with Crippen LogP contribution < -0.4 is 10.9 Å². The van der Waals surface area contributed by atoms with Gasteiger partial charge in [0, 0.05) is 5.69 Å². The van der Waals surface area contributed by atoms with Crippen molar-refractivity contribution < 1.29 is 4.79 Å². The molecule has 1 heterocycles. The van der Waals surface area contributed by atoms with Gasteiger partial charge in [-0.15, -0.1) is 0 Å². The Hall–Kier alpha value is -3.38. The minimum Gasteiger partial charge on any atom is -0.325 e. The topological polar surface area (TPSA) is 64.0 Å². The van der Waals surface area contributed by atoms with E-state index in [1.54, 1.807) is 10.6 Å². The normalized spacial score (nSPS) is 10.8. The maximum absolute atomic E-state index is 13.2. The quantitative estimate of drug-likeness (QED) is 0.367. The number of nitrogens with zero attached hydrogens (tertiary/aromatic N) is 2. The number of aromatic nitrogens is 2. The summed E-state index contributed by atoms with van der Waals surface area (Å²) in [6, 6.07) is 24.4. The lowest BCUT2D eigenvalue weighted by molar-refractivity contribution is -0.113. The van der Waals surface area contributed by atoms with Crippen LogP contribution in [-0.4, -0.2) is 21.2 Å². The molecule has 0 spiro atoms. The Balaban J connectivity index is 1.61. The Bertz CT molecular complexity index is 1240. The molecule has 30 heavy (non-hydrogen) atoms. The van der Waals surface area contributed by atoms with Crippen molar-refractivity contribution in [1.29, 1.82) is 0 Å². The molecule has 0 aliphatic rings. The third kappa shape index (κ3) is 4.28. The summed E-state index contributed by atoms with van der Waals surface area (Å²) in [6.07, 6.45) is 0.953. The number of hydrogen-bond donors (Lipinski definition) is 1. The number of carbonyl (C=O) groups is 1. The molecular weight excluding hydrogens is 394 g/mol. The maximum Gasteiger partial charge on any atom is 0.266 e. The Kier molecular flexibility index (Phi) is 5.95. The van der Waals surface area contributed by atoms with Crippen LogP contribution in [0, 0.1) is 0 Å². The van der Waals surface area contributed by atoms with E-state index in [0.29, 0.717) is 16.1 Å². The third-order valence-corrected chi connectivity index (χ3v) is 5.68. The third-order valence-electron chi connectivity index (χ3n) is 4.74. The molecule has 1 N–H and O–H groups in total. The number of amides is 1. The average Bonchev–Trinajstić information content (AvgIpc) is 2.79. The smallest absolute Gasteiger partial charge is 0.266 e. The zero-order valence-corrected chi connectivity index (χ0v) is 17.4. The number of para-hydroxylation sites is 2. The summed E-state index contributed by atoms with van der Waals surface area (Å²) in [6.45, 7) is 2.09. The summed E-state index contributed by atoms with van der Waals surface area (Å²) in [5, 5.41) is 3.93. The van der Waals surface area contributed by atoms with E-state index in [0.717, 1.165) is 17.8 Å². The number of thioether (sulfide) groups is 1. The lowest BCUT2D eigenvalue weighted by Crippen LogP contribution is -2.22. The summed E-state index contributed by atoms with van der Waals surface area (Å²) in [5.74, 6) is -0.000999. The molecule has 1 aromatic heterocycles. The SMILES string of the molecule is CCc1ccc(NC(=O)CSc2nc3ccccc3c(=O)n2-c2ccccc2)cc1. The molecule has 0 aliphatic carbocycles. The van der Waals surface area contributed by atoms with Crippen LogP contribution >= 0.6 is 11.8 Å². The van der Waals surface area contributed by atoms with Gasteiger partial charge < -0.3 is 5.32 Å². The molecule has 0 atom stereocenters.